The number of rotatable bonds is 23. The minimum atomic E-state index is -3.67. The molecule has 206 valence electrons. The smallest absolute Gasteiger partial charge is 0.320 e. The van der Waals surface area contributed by atoms with E-state index in [1.807, 2.05) is 4.90 Å². The average molecular weight is 509 g/mol. The SMILES string of the molecule is CCCCCCCCCCCCCCCCCCN(CCN)C(C)C(=O)O.CCCS(=O)(=O)O. The Hall–Kier alpha value is -0.700. The predicted molar refractivity (Wildman–Crippen MR) is 144 cm³/mol. The normalized spacial score (nSPS) is 12.4. The number of nitrogens with two attached hydrogens (primary N) is 1. The van der Waals surface area contributed by atoms with E-state index in [-0.39, 0.29) is 5.75 Å². The fourth-order valence-electron chi connectivity index (χ4n) is 3.94. The minimum absolute atomic E-state index is 0.132. The van der Waals surface area contributed by atoms with E-state index in [4.69, 9.17) is 15.4 Å². The maximum absolute atomic E-state index is 11.1. The Labute approximate surface area is 211 Å². The molecule has 0 rings (SSSR count). The van der Waals surface area contributed by atoms with E-state index in [2.05, 4.69) is 6.92 Å². The molecule has 0 aliphatic carbocycles. The molecule has 0 bridgehead atoms. The second-order valence-electron chi connectivity index (χ2n) is 9.43. The van der Waals surface area contributed by atoms with Crippen molar-refractivity contribution in [3.8, 4) is 0 Å². The van der Waals surface area contributed by atoms with Crippen LogP contribution in [0.4, 0.5) is 0 Å². The summed E-state index contributed by atoms with van der Waals surface area (Å²) in [6.07, 6.45) is 22.2. The Morgan fingerprint density at radius 2 is 1.12 bits per heavy atom. The Bertz CT molecular complexity index is 543. The zero-order valence-corrected chi connectivity index (χ0v) is 23.3. The molecular weight excluding hydrogens is 452 g/mol. The first kappa shape index (κ1) is 35.5. The number of hydrogen-bond donors (Lipinski definition) is 3. The molecule has 0 saturated carbocycles. The number of carbonyl (C=O) groups is 1. The van der Waals surface area contributed by atoms with Gasteiger partial charge < -0.3 is 10.8 Å². The summed E-state index contributed by atoms with van der Waals surface area (Å²) in [6.45, 7) is 7.77. The van der Waals surface area contributed by atoms with E-state index in [1.54, 1.807) is 13.8 Å². The maximum atomic E-state index is 11.1. The van der Waals surface area contributed by atoms with Crippen LogP contribution in [0.3, 0.4) is 0 Å². The summed E-state index contributed by atoms with van der Waals surface area (Å²) < 4.78 is 27.6. The fraction of sp³-hybridized carbons (Fsp3) is 0.962. The standard InChI is InChI=1S/C23H48N2O2.C3H8O3S/c1-3-4-5-6-7-8-9-10-11-12-13-14-15-16-17-18-20-25(21-19-24)22(2)23(26)27;1-2-3-7(4,5)6/h22H,3-21,24H2,1-2H3,(H,26,27);2-3H2,1H3,(H,4,5,6). The summed E-state index contributed by atoms with van der Waals surface area (Å²) in [5.74, 6) is -0.882. The van der Waals surface area contributed by atoms with Crippen molar-refractivity contribution in [2.45, 2.75) is 136 Å². The zero-order valence-electron chi connectivity index (χ0n) is 22.5. The Kier molecular flexibility index (Phi) is 26.5. The van der Waals surface area contributed by atoms with Gasteiger partial charge in [-0.3, -0.25) is 14.2 Å². The van der Waals surface area contributed by atoms with Gasteiger partial charge in [-0.15, -0.1) is 0 Å². The molecule has 1 unspecified atom stereocenters. The van der Waals surface area contributed by atoms with Gasteiger partial charge in [0.1, 0.15) is 6.04 Å². The molecule has 1 atom stereocenters. The largest absolute Gasteiger partial charge is 0.480 e. The number of aliphatic carboxylic acids is 1. The lowest BCUT2D eigenvalue weighted by Gasteiger charge is -2.25. The Morgan fingerprint density at radius 3 is 1.38 bits per heavy atom. The average Bonchev–Trinajstić information content (AvgIpc) is 2.77. The molecule has 34 heavy (non-hydrogen) atoms. The summed E-state index contributed by atoms with van der Waals surface area (Å²) in [7, 11) is -3.67. The molecule has 0 spiro atoms. The summed E-state index contributed by atoms with van der Waals surface area (Å²) in [5.41, 5.74) is 5.59. The molecule has 0 heterocycles. The maximum Gasteiger partial charge on any atom is 0.320 e. The molecule has 0 fully saturated rings. The molecule has 4 N–H and O–H groups in total. The van der Waals surface area contributed by atoms with Crippen LogP contribution in [0.5, 0.6) is 0 Å². The summed E-state index contributed by atoms with van der Waals surface area (Å²) in [4.78, 5) is 13.1. The van der Waals surface area contributed by atoms with Gasteiger partial charge in [0.05, 0.1) is 5.75 Å². The third kappa shape index (κ3) is 27.5. The molecule has 0 aromatic rings. The van der Waals surface area contributed by atoms with Crippen molar-refractivity contribution in [3.63, 3.8) is 0 Å². The molecular formula is C26H56N2O5S. The molecule has 0 aliphatic heterocycles. The van der Waals surface area contributed by atoms with Crippen molar-refractivity contribution >= 4 is 16.1 Å². The first-order valence-electron chi connectivity index (χ1n) is 13.8. The van der Waals surface area contributed by atoms with Gasteiger partial charge in [0.2, 0.25) is 0 Å². The van der Waals surface area contributed by atoms with Gasteiger partial charge >= 0.3 is 5.97 Å². The first-order chi connectivity index (χ1) is 16.2. The minimum Gasteiger partial charge on any atom is -0.480 e. The Balaban J connectivity index is 0. The zero-order chi connectivity index (χ0) is 26.1. The van der Waals surface area contributed by atoms with Crippen LogP contribution in [0, 0.1) is 0 Å². The van der Waals surface area contributed by atoms with Gasteiger partial charge in [0.15, 0.2) is 0 Å². The van der Waals surface area contributed by atoms with Crippen LogP contribution >= 0.6 is 0 Å². The summed E-state index contributed by atoms with van der Waals surface area (Å²) in [5, 5.41) is 9.13. The molecule has 0 aromatic carbocycles. The lowest BCUT2D eigenvalue weighted by molar-refractivity contribution is -0.142. The molecule has 7 nitrogen and oxygen atoms in total. The van der Waals surface area contributed by atoms with Gasteiger partial charge in [0.25, 0.3) is 10.1 Å². The topological polar surface area (TPSA) is 121 Å². The van der Waals surface area contributed by atoms with Crippen molar-refractivity contribution in [2.24, 2.45) is 5.73 Å². The molecule has 0 aliphatic rings. The van der Waals surface area contributed by atoms with Gasteiger partial charge in [-0.05, 0) is 26.3 Å². The molecule has 0 amide bonds. The third-order valence-corrected chi connectivity index (χ3v) is 7.01. The van der Waals surface area contributed by atoms with Crippen LogP contribution in [0.2, 0.25) is 0 Å². The quantitative estimate of drug-likeness (QED) is 0.110. The van der Waals surface area contributed by atoms with Crippen LogP contribution in [0.1, 0.15) is 130 Å². The van der Waals surface area contributed by atoms with E-state index in [1.165, 1.54) is 96.3 Å². The van der Waals surface area contributed by atoms with Crippen LogP contribution in [0.15, 0.2) is 0 Å². The Morgan fingerprint density at radius 1 is 0.735 bits per heavy atom. The van der Waals surface area contributed by atoms with Crippen molar-refractivity contribution in [1.82, 2.24) is 4.90 Å². The van der Waals surface area contributed by atoms with Crippen molar-refractivity contribution < 1.29 is 22.9 Å². The van der Waals surface area contributed by atoms with Crippen LogP contribution < -0.4 is 5.73 Å². The van der Waals surface area contributed by atoms with Crippen LogP contribution in [-0.2, 0) is 14.9 Å². The number of nitrogens with zero attached hydrogens (tertiary/aromatic N) is 1. The van der Waals surface area contributed by atoms with Gasteiger partial charge in [-0.1, -0.05) is 110 Å². The number of carboxylic acid groups (broad SMARTS) is 1. The highest BCUT2D eigenvalue weighted by Crippen LogP contribution is 2.14. The van der Waals surface area contributed by atoms with Crippen LogP contribution in [-0.4, -0.2) is 60.4 Å². The second kappa shape index (κ2) is 25.4. The second-order valence-corrected chi connectivity index (χ2v) is 11.0. The number of carboxylic acids is 1. The van der Waals surface area contributed by atoms with E-state index in [0.717, 1.165) is 13.0 Å². The highest BCUT2D eigenvalue weighted by Gasteiger charge is 2.18. The van der Waals surface area contributed by atoms with E-state index < -0.39 is 22.1 Å². The number of hydrogen-bond acceptors (Lipinski definition) is 5. The van der Waals surface area contributed by atoms with E-state index in [9.17, 15) is 13.2 Å². The van der Waals surface area contributed by atoms with Crippen molar-refractivity contribution in [2.75, 3.05) is 25.4 Å². The van der Waals surface area contributed by atoms with Crippen LogP contribution in [0.25, 0.3) is 0 Å². The molecule has 0 saturated heterocycles. The summed E-state index contributed by atoms with van der Waals surface area (Å²) in [6, 6.07) is -0.426. The van der Waals surface area contributed by atoms with E-state index >= 15 is 0 Å². The monoisotopic (exact) mass is 508 g/mol. The first-order valence-corrected chi connectivity index (χ1v) is 15.4. The van der Waals surface area contributed by atoms with Gasteiger partial charge in [-0.2, -0.15) is 8.42 Å². The molecule has 0 aromatic heterocycles. The molecule has 0 radical (unpaired) electrons. The molecule has 8 heteroatoms. The highest BCUT2D eigenvalue weighted by molar-refractivity contribution is 7.85. The lowest BCUT2D eigenvalue weighted by Crippen LogP contribution is -2.42. The van der Waals surface area contributed by atoms with Gasteiger partial charge in [-0.25, -0.2) is 0 Å². The van der Waals surface area contributed by atoms with Crippen molar-refractivity contribution in [3.05, 3.63) is 0 Å². The van der Waals surface area contributed by atoms with E-state index in [0.29, 0.717) is 19.5 Å². The fourth-order valence-corrected chi connectivity index (χ4v) is 4.46. The van der Waals surface area contributed by atoms with Crippen molar-refractivity contribution in [1.29, 1.82) is 0 Å². The highest BCUT2D eigenvalue weighted by atomic mass is 32.2. The predicted octanol–water partition coefficient (Wildman–Crippen LogP) is 6.27. The summed E-state index contributed by atoms with van der Waals surface area (Å²) >= 11 is 0. The van der Waals surface area contributed by atoms with Gasteiger partial charge in [0, 0.05) is 13.1 Å². The number of unbranched alkanes of at least 4 members (excludes halogenated alkanes) is 15. The third-order valence-electron chi connectivity index (χ3n) is 6.08. The lowest BCUT2D eigenvalue weighted by atomic mass is 10.0.